The summed E-state index contributed by atoms with van der Waals surface area (Å²) in [6.45, 7) is 5.94. The average Bonchev–Trinajstić information content (AvgIpc) is 2.94. The van der Waals surface area contributed by atoms with Crippen LogP contribution in [0.1, 0.15) is 33.6 Å². The van der Waals surface area contributed by atoms with Gasteiger partial charge >= 0.3 is 6.01 Å². The van der Waals surface area contributed by atoms with E-state index in [9.17, 15) is 0 Å². The number of aromatic nitrogens is 3. The van der Waals surface area contributed by atoms with Crippen LogP contribution >= 0.6 is 0 Å². The third-order valence-corrected chi connectivity index (χ3v) is 2.50. The van der Waals surface area contributed by atoms with Crippen LogP contribution in [0, 0.1) is 0 Å². The first kappa shape index (κ1) is 11.8. The normalized spacial score (nSPS) is 16.8. The second-order valence-corrected chi connectivity index (χ2v) is 4.76. The second-order valence-electron chi connectivity index (χ2n) is 4.76. The summed E-state index contributed by atoms with van der Waals surface area (Å²) in [6, 6.07) is 0.273. The lowest BCUT2D eigenvalue weighted by Crippen LogP contribution is -2.21. The highest BCUT2D eigenvalue weighted by Crippen LogP contribution is 2.37. The molecule has 1 saturated carbocycles. The quantitative estimate of drug-likeness (QED) is 0.518. The van der Waals surface area contributed by atoms with Gasteiger partial charge in [0.15, 0.2) is 0 Å². The van der Waals surface area contributed by atoms with Gasteiger partial charge in [-0.1, -0.05) is 0 Å². The lowest BCUT2D eigenvalue weighted by molar-refractivity contribution is 0.222. The van der Waals surface area contributed by atoms with Gasteiger partial charge in [0.05, 0.1) is 6.10 Å². The number of hydrazine groups is 1. The maximum atomic E-state index is 5.43. The molecule has 0 atom stereocenters. The Hall–Kier alpha value is -1.63. The maximum absolute atomic E-state index is 5.43. The lowest BCUT2D eigenvalue weighted by atomic mass is 10.3. The minimum atomic E-state index is 0.00684. The van der Waals surface area contributed by atoms with Crippen LogP contribution in [0.5, 0.6) is 6.01 Å². The van der Waals surface area contributed by atoms with E-state index in [0.29, 0.717) is 11.9 Å². The SMILES string of the molecule is CC(C)Oc1nc(NN)nc(NC2(C)CC2)n1. The topological polar surface area (TPSA) is 98.0 Å². The van der Waals surface area contributed by atoms with Crippen molar-refractivity contribution in [1.82, 2.24) is 15.0 Å². The Balaban J connectivity index is 2.18. The van der Waals surface area contributed by atoms with Gasteiger partial charge in [-0.25, -0.2) is 5.84 Å². The fraction of sp³-hybridized carbons (Fsp3) is 0.700. The van der Waals surface area contributed by atoms with Crippen LogP contribution in [0.3, 0.4) is 0 Å². The number of hydrogen-bond acceptors (Lipinski definition) is 7. The van der Waals surface area contributed by atoms with E-state index in [1.54, 1.807) is 0 Å². The van der Waals surface area contributed by atoms with E-state index in [1.807, 2.05) is 13.8 Å². The molecule has 1 aliphatic carbocycles. The van der Waals surface area contributed by atoms with Crippen molar-refractivity contribution < 1.29 is 4.74 Å². The van der Waals surface area contributed by atoms with Crippen molar-refractivity contribution in [3.05, 3.63) is 0 Å². The summed E-state index contributed by atoms with van der Waals surface area (Å²) in [5.41, 5.74) is 2.50. The first-order valence-electron chi connectivity index (χ1n) is 5.68. The first-order valence-corrected chi connectivity index (χ1v) is 5.68. The number of nitrogen functional groups attached to an aromatic ring is 1. The summed E-state index contributed by atoms with van der Waals surface area (Å²) in [4.78, 5) is 12.4. The molecule has 7 heteroatoms. The van der Waals surface area contributed by atoms with Gasteiger partial charge in [0.1, 0.15) is 0 Å². The Morgan fingerprint density at radius 3 is 2.41 bits per heavy atom. The zero-order chi connectivity index (χ0) is 12.5. The molecule has 1 aromatic heterocycles. The minimum absolute atomic E-state index is 0.00684. The maximum Gasteiger partial charge on any atom is 0.323 e. The predicted molar refractivity (Wildman–Crippen MR) is 64.7 cm³/mol. The van der Waals surface area contributed by atoms with Gasteiger partial charge in [0.2, 0.25) is 11.9 Å². The second kappa shape index (κ2) is 4.33. The van der Waals surface area contributed by atoms with Gasteiger partial charge in [-0.2, -0.15) is 15.0 Å². The Bertz CT molecular complexity index is 404. The molecule has 0 saturated heterocycles. The van der Waals surface area contributed by atoms with E-state index in [0.717, 1.165) is 12.8 Å². The van der Waals surface area contributed by atoms with Crippen LogP contribution in [-0.4, -0.2) is 26.6 Å². The molecule has 1 aliphatic rings. The van der Waals surface area contributed by atoms with Crippen LogP contribution < -0.4 is 21.3 Å². The largest absolute Gasteiger partial charge is 0.461 e. The van der Waals surface area contributed by atoms with Gasteiger partial charge in [-0.05, 0) is 33.6 Å². The van der Waals surface area contributed by atoms with Crippen molar-refractivity contribution in [2.24, 2.45) is 5.84 Å². The van der Waals surface area contributed by atoms with E-state index in [-0.39, 0.29) is 17.7 Å². The molecular formula is C10H18N6O. The van der Waals surface area contributed by atoms with E-state index in [4.69, 9.17) is 10.6 Å². The Kier molecular flexibility index (Phi) is 3.01. The summed E-state index contributed by atoms with van der Waals surface area (Å²) in [6.07, 6.45) is 2.24. The summed E-state index contributed by atoms with van der Waals surface area (Å²) in [5.74, 6) is 6.10. The van der Waals surface area contributed by atoms with Crippen LogP contribution in [0.15, 0.2) is 0 Å². The zero-order valence-corrected chi connectivity index (χ0v) is 10.3. The minimum Gasteiger partial charge on any atom is -0.461 e. The van der Waals surface area contributed by atoms with Gasteiger partial charge in [-0.15, -0.1) is 0 Å². The number of nitrogens with two attached hydrogens (primary N) is 1. The monoisotopic (exact) mass is 238 g/mol. The molecule has 0 radical (unpaired) electrons. The highest BCUT2D eigenvalue weighted by atomic mass is 16.5. The molecule has 94 valence electrons. The summed E-state index contributed by atoms with van der Waals surface area (Å²) in [5, 5.41) is 3.24. The molecular weight excluding hydrogens is 220 g/mol. The molecule has 7 nitrogen and oxygen atoms in total. The molecule has 1 fully saturated rings. The van der Waals surface area contributed by atoms with Gasteiger partial charge in [0, 0.05) is 5.54 Å². The third kappa shape index (κ3) is 3.16. The highest BCUT2D eigenvalue weighted by molar-refractivity contribution is 5.38. The van der Waals surface area contributed by atoms with Crippen LogP contribution in [-0.2, 0) is 0 Å². The van der Waals surface area contributed by atoms with Crippen molar-refractivity contribution in [3.63, 3.8) is 0 Å². The van der Waals surface area contributed by atoms with Crippen LogP contribution in [0.25, 0.3) is 0 Å². The van der Waals surface area contributed by atoms with Crippen molar-refractivity contribution in [1.29, 1.82) is 0 Å². The number of nitrogens with zero attached hydrogens (tertiary/aromatic N) is 3. The smallest absolute Gasteiger partial charge is 0.323 e. The molecule has 0 bridgehead atoms. The van der Waals surface area contributed by atoms with Crippen LogP contribution in [0.4, 0.5) is 11.9 Å². The van der Waals surface area contributed by atoms with E-state index >= 15 is 0 Å². The standard InChI is InChI=1S/C10H18N6O/c1-6(2)17-9-13-7(12-8(14-9)16-11)15-10(3)4-5-10/h6H,4-5,11H2,1-3H3,(H2,12,13,14,15,16). The van der Waals surface area contributed by atoms with Crippen molar-refractivity contribution in [2.75, 3.05) is 10.7 Å². The predicted octanol–water partition coefficient (Wildman–Crippen LogP) is 0.909. The summed E-state index contributed by atoms with van der Waals surface area (Å²) >= 11 is 0. The van der Waals surface area contributed by atoms with Gasteiger partial charge < -0.3 is 10.1 Å². The van der Waals surface area contributed by atoms with Gasteiger partial charge in [-0.3, -0.25) is 5.43 Å². The lowest BCUT2D eigenvalue weighted by Gasteiger charge is -2.14. The van der Waals surface area contributed by atoms with E-state index in [1.165, 1.54) is 0 Å². The van der Waals surface area contributed by atoms with Crippen LogP contribution in [0.2, 0.25) is 0 Å². The average molecular weight is 238 g/mol. The number of anilines is 2. The zero-order valence-electron chi connectivity index (χ0n) is 10.3. The van der Waals surface area contributed by atoms with Gasteiger partial charge in [0.25, 0.3) is 0 Å². The molecule has 0 aromatic carbocycles. The van der Waals surface area contributed by atoms with Crippen molar-refractivity contribution >= 4 is 11.9 Å². The molecule has 0 spiro atoms. The molecule has 1 heterocycles. The fourth-order valence-corrected chi connectivity index (χ4v) is 1.32. The summed E-state index contributed by atoms with van der Waals surface area (Å²) in [7, 11) is 0. The molecule has 2 rings (SSSR count). The Morgan fingerprint density at radius 2 is 1.88 bits per heavy atom. The number of rotatable bonds is 5. The molecule has 17 heavy (non-hydrogen) atoms. The third-order valence-electron chi connectivity index (χ3n) is 2.50. The summed E-state index contributed by atoms with van der Waals surface area (Å²) < 4.78 is 5.43. The Morgan fingerprint density at radius 1 is 1.24 bits per heavy atom. The van der Waals surface area contributed by atoms with E-state index in [2.05, 4.69) is 32.6 Å². The Labute approximate surface area is 100 Å². The molecule has 0 amide bonds. The van der Waals surface area contributed by atoms with E-state index < -0.39 is 0 Å². The molecule has 0 aliphatic heterocycles. The molecule has 0 unspecified atom stereocenters. The first-order chi connectivity index (χ1) is 8.00. The number of nitrogens with one attached hydrogen (secondary N) is 2. The van der Waals surface area contributed by atoms with Crippen molar-refractivity contribution in [2.45, 2.75) is 45.3 Å². The number of ether oxygens (including phenoxy) is 1. The van der Waals surface area contributed by atoms with Crippen molar-refractivity contribution in [3.8, 4) is 6.01 Å². The fourth-order valence-electron chi connectivity index (χ4n) is 1.32. The molecule has 4 N–H and O–H groups in total. The highest BCUT2D eigenvalue weighted by Gasteiger charge is 2.38. The molecule has 1 aromatic rings. The number of hydrogen-bond donors (Lipinski definition) is 3.